The van der Waals surface area contributed by atoms with Crippen molar-refractivity contribution < 1.29 is 19.1 Å². The van der Waals surface area contributed by atoms with Gasteiger partial charge in [0.05, 0.1) is 38.1 Å². The van der Waals surface area contributed by atoms with Crippen molar-refractivity contribution >= 4 is 11.8 Å². The minimum atomic E-state index is -0.367. The van der Waals surface area contributed by atoms with E-state index in [1.165, 1.54) is 19.3 Å². The number of tetrazole rings is 1. The molecule has 2 fully saturated rings. The summed E-state index contributed by atoms with van der Waals surface area (Å²) in [5.41, 5.74) is 1.86. The number of likely N-dealkylation sites (tertiary alicyclic amines) is 1. The van der Waals surface area contributed by atoms with Crippen LogP contribution in [0.25, 0.3) is 11.3 Å². The molecule has 1 saturated carbocycles. The fraction of sp³-hybridized carbons (Fsp3) is 0.586. The maximum atomic E-state index is 13.7. The first-order chi connectivity index (χ1) is 20.6. The van der Waals surface area contributed by atoms with E-state index in [0.717, 1.165) is 56.6 Å². The lowest BCUT2D eigenvalue weighted by Crippen LogP contribution is -2.42. The second-order valence-corrected chi connectivity index (χ2v) is 11.0. The molecule has 1 aliphatic carbocycles. The number of nitrogens with one attached hydrogen (secondary N) is 3. The Balaban J connectivity index is 1.36. The Kier molecular flexibility index (Phi) is 10.0. The highest BCUT2D eigenvalue weighted by atomic mass is 16.5. The number of carbonyl (C=O) groups excluding carboxylic acids is 2. The third-order valence-corrected chi connectivity index (χ3v) is 8.17. The predicted molar refractivity (Wildman–Crippen MR) is 155 cm³/mol. The number of aromatic amines is 1. The summed E-state index contributed by atoms with van der Waals surface area (Å²) in [4.78, 5) is 29.0. The first kappa shape index (κ1) is 29.5. The number of piperidine rings is 1. The van der Waals surface area contributed by atoms with Crippen molar-refractivity contribution in [3.8, 4) is 22.8 Å². The highest BCUT2D eigenvalue weighted by Gasteiger charge is 2.28. The zero-order valence-electron chi connectivity index (χ0n) is 24.5. The van der Waals surface area contributed by atoms with Gasteiger partial charge in [0.2, 0.25) is 5.91 Å². The van der Waals surface area contributed by atoms with Crippen molar-refractivity contribution in [3.63, 3.8) is 0 Å². The number of hydrogen-bond acceptors (Lipinski definition) is 9. The number of rotatable bonds is 13. The Morgan fingerprint density at radius 1 is 1.07 bits per heavy atom. The van der Waals surface area contributed by atoms with E-state index < -0.39 is 0 Å². The Bertz CT molecular complexity index is 1290. The summed E-state index contributed by atoms with van der Waals surface area (Å²) in [6.45, 7) is 3.08. The van der Waals surface area contributed by atoms with E-state index in [1.54, 1.807) is 14.2 Å². The number of nitrogens with zero attached hydrogens (tertiary/aromatic N) is 6. The SMILES string of the molecule is COc1cccc(OC)c1-c1cc(C(=O)N[C@@H](CCN2CCCCC2)CC(=O)NCc2nnn[nH]2)nn1C1CCCC1. The third-order valence-electron chi connectivity index (χ3n) is 8.17. The number of H-pyrrole nitrogens is 1. The molecule has 3 heterocycles. The van der Waals surface area contributed by atoms with Crippen LogP contribution < -0.4 is 20.1 Å². The number of ether oxygens (including phenoxy) is 2. The van der Waals surface area contributed by atoms with Crippen LogP contribution in [-0.2, 0) is 11.3 Å². The van der Waals surface area contributed by atoms with Gasteiger partial charge in [-0.1, -0.05) is 25.3 Å². The highest BCUT2D eigenvalue weighted by molar-refractivity contribution is 5.94. The van der Waals surface area contributed by atoms with E-state index in [-0.39, 0.29) is 36.9 Å². The van der Waals surface area contributed by atoms with E-state index in [9.17, 15) is 9.59 Å². The molecule has 0 radical (unpaired) electrons. The molecule has 0 unspecified atom stereocenters. The Hall–Kier alpha value is -4.00. The summed E-state index contributed by atoms with van der Waals surface area (Å²) >= 11 is 0. The second-order valence-electron chi connectivity index (χ2n) is 11.0. The maximum absolute atomic E-state index is 13.7. The molecule has 2 amide bonds. The van der Waals surface area contributed by atoms with Gasteiger partial charge in [0.25, 0.3) is 5.91 Å². The van der Waals surface area contributed by atoms with Crippen LogP contribution in [0.1, 0.15) is 80.1 Å². The second kappa shape index (κ2) is 14.3. The molecule has 226 valence electrons. The molecule has 1 aromatic carbocycles. The van der Waals surface area contributed by atoms with Crippen LogP contribution in [0.2, 0.25) is 0 Å². The predicted octanol–water partition coefficient (Wildman–Crippen LogP) is 2.88. The number of carbonyl (C=O) groups is 2. The van der Waals surface area contributed by atoms with E-state index in [1.807, 2.05) is 28.9 Å². The van der Waals surface area contributed by atoms with Crippen molar-refractivity contribution in [1.29, 1.82) is 0 Å². The number of methoxy groups -OCH3 is 2. The summed E-state index contributed by atoms with van der Waals surface area (Å²) in [6, 6.07) is 7.27. The van der Waals surface area contributed by atoms with Gasteiger partial charge < -0.3 is 25.0 Å². The van der Waals surface area contributed by atoms with Crippen LogP contribution in [0, 0.1) is 0 Å². The minimum Gasteiger partial charge on any atom is -0.496 e. The molecule has 1 atom stereocenters. The van der Waals surface area contributed by atoms with E-state index in [2.05, 4.69) is 36.2 Å². The lowest BCUT2D eigenvalue weighted by Gasteiger charge is -2.28. The summed E-state index contributed by atoms with van der Waals surface area (Å²) in [7, 11) is 3.25. The van der Waals surface area contributed by atoms with Crippen LogP contribution in [0.15, 0.2) is 24.3 Å². The molecular formula is C29H41N9O4. The largest absolute Gasteiger partial charge is 0.496 e. The van der Waals surface area contributed by atoms with Crippen molar-refractivity contribution in [3.05, 3.63) is 35.8 Å². The van der Waals surface area contributed by atoms with Crippen molar-refractivity contribution in [2.24, 2.45) is 0 Å². The fourth-order valence-corrected chi connectivity index (χ4v) is 5.96. The maximum Gasteiger partial charge on any atom is 0.272 e. The number of hydrogen-bond donors (Lipinski definition) is 3. The van der Waals surface area contributed by atoms with Crippen LogP contribution in [-0.4, -0.2) is 87.0 Å². The van der Waals surface area contributed by atoms with Crippen LogP contribution in [0.5, 0.6) is 11.5 Å². The molecule has 2 aliphatic rings. The van der Waals surface area contributed by atoms with Crippen molar-refractivity contribution in [1.82, 2.24) is 45.9 Å². The molecule has 1 aliphatic heterocycles. The van der Waals surface area contributed by atoms with Gasteiger partial charge in [0.15, 0.2) is 11.5 Å². The zero-order valence-corrected chi connectivity index (χ0v) is 24.5. The van der Waals surface area contributed by atoms with Gasteiger partial charge in [0, 0.05) is 19.0 Å². The van der Waals surface area contributed by atoms with Gasteiger partial charge in [-0.25, -0.2) is 5.10 Å². The normalized spacial score (nSPS) is 16.7. The smallest absolute Gasteiger partial charge is 0.272 e. The first-order valence-corrected chi connectivity index (χ1v) is 14.9. The van der Waals surface area contributed by atoms with Gasteiger partial charge >= 0.3 is 0 Å². The molecule has 0 bridgehead atoms. The van der Waals surface area contributed by atoms with Crippen LogP contribution in [0.4, 0.5) is 0 Å². The summed E-state index contributed by atoms with van der Waals surface area (Å²) in [5, 5.41) is 24.3. The van der Waals surface area contributed by atoms with Gasteiger partial charge in [-0.15, -0.1) is 5.10 Å². The molecule has 1 saturated heterocycles. The standard InChI is InChI=1S/C29H41N9O4/c1-41-24-11-8-12-25(42-2)28(24)23-18-22(34-38(23)21-9-4-5-10-21)29(40)31-20(13-16-37-14-6-3-7-15-37)17-27(39)30-19-26-32-35-36-33-26/h8,11-12,18,20-21H,3-7,9-10,13-17,19H2,1-2H3,(H,30,39)(H,31,40)(H,32,33,35,36)/t20-/m0/s1. The molecule has 0 spiro atoms. The zero-order chi connectivity index (χ0) is 29.3. The average molecular weight is 580 g/mol. The Morgan fingerprint density at radius 3 is 2.48 bits per heavy atom. The molecule has 13 nitrogen and oxygen atoms in total. The number of benzene rings is 1. The molecule has 2 aromatic heterocycles. The molecule has 3 aromatic rings. The molecular weight excluding hydrogens is 538 g/mol. The van der Waals surface area contributed by atoms with Gasteiger partial charge in [-0.05, 0) is 73.8 Å². The van der Waals surface area contributed by atoms with Gasteiger partial charge in [-0.3, -0.25) is 14.3 Å². The number of amides is 2. The Labute approximate surface area is 245 Å². The van der Waals surface area contributed by atoms with Gasteiger partial charge in [-0.2, -0.15) is 5.10 Å². The Morgan fingerprint density at radius 2 is 1.81 bits per heavy atom. The fourth-order valence-electron chi connectivity index (χ4n) is 5.96. The topological polar surface area (TPSA) is 152 Å². The van der Waals surface area contributed by atoms with E-state index in [4.69, 9.17) is 14.6 Å². The monoisotopic (exact) mass is 579 g/mol. The first-order valence-electron chi connectivity index (χ1n) is 14.9. The minimum absolute atomic E-state index is 0.137. The highest BCUT2D eigenvalue weighted by Crippen LogP contribution is 2.41. The van der Waals surface area contributed by atoms with Gasteiger partial charge in [0.1, 0.15) is 11.5 Å². The molecule has 3 N–H and O–H groups in total. The lowest BCUT2D eigenvalue weighted by molar-refractivity contribution is -0.121. The number of aromatic nitrogens is 6. The van der Waals surface area contributed by atoms with Crippen molar-refractivity contribution in [2.75, 3.05) is 33.9 Å². The molecule has 5 rings (SSSR count). The van der Waals surface area contributed by atoms with Crippen molar-refractivity contribution in [2.45, 2.75) is 76.4 Å². The quantitative estimate of drug-likeness (QED) is 0.277. The molecule has 13 heteroatoms. The molecule has 42 heavy (non-hydrogen) atoms. The summed E-state index contributed by atoms with van der Waals surface area (Å²) in [6.07, 6.45) is 8.61. The average Bonchev–Trinajstić information content (AvgIpc) is 3.81. The van der Waals surface area contributed by atoms with E-state index >= 15 is 0 Å². The summed E-state index contributed by atoms with van der Waals surface area (Å²) < 4.78 is 13.3. The van der Waals surface area contributed by atoms with Crippen LogP contribution in [0.3, 0.4) is 0 Å². The lowest BCUT2D eigenvalue weighted by atomic mass is 10.1. The van der Waals surface area contributed by atoms with E-state index in [0.29, 0.717) is 29.4 Å². The third kappa shape index (κ3) is 7.25. The summed E-state index contributed by atoms with van der Waals surface area (Å²) in [5.74, 6) is 1.27. The van der Waals surface area contributed by atoms with Crippen LogP contribution >= 0.6 is 0 Å².